The van der Waals surface area contributed by atoms with Gasteiger partial charge in [0.15, 0.2) is 12.6 Å². The SMILES string of the molecule is CC(=O)N[C@H]1[C@H](O[C@H]2[C@H](O)[C@H]3N=C(N(C)C)O[C@H]3[C@@H]2CO)O[C@H](CO)[C@@H](O[C@H](O[C@@H](/C=N/NC(=O)CCCCCNC(=O)CCCC[C@@H]2SC[C@@H]3NC(=O)N[C@@H]32)CO)[C@@H](/C=N/NC(=O)CCCCCNC(=O)CCCC[C@@H]2SC[C@@H]3NC(=O)N[C@@H]32)NC(C)=O)[C@H]1O. The van der Waals surface area contributed by atoms with Gasteiger partial charge in [0.2, 0.25) is 35.4 Å². The maximum atomic E-state index is 13.0. The van der Waals surface area contributed by atoms with Crippen LogP contribution >= 0.6 is 23.5 Å². The molecule has 6 heterocycles. The largest absolute Gasteiger partial charge is 0.459 e. The summed E-state index contributed by atoms with van der Waals surface area (Å²) in [4.78, 5) is 106. The Bertz CT molecular complexity index is 2530. The zero-order valence-corrected chi connectivity index (χ0v) is 53.7. The van der Waals surface area contributed by atoms with Gasteiger partial charge in [-0.05, 0) is 51.4 Å². The van der Waals surface area contributed by atoms with E-state index in [9.17, 15) is 63.9 Å². The van der Waals surface area contributed by atoms with E-state index < -0.39 is 123 Å². The number of amidine groups is 1. The Morgan fingerprint density at radius 3 is 1.77 bits per heavy atom. The molecule has 7 rings (SSSR count). The first-order chi connectivity index (χ1) is 43.8. The number of hydrogen-bond acceptors (Lipinski definition) is 24. The zero-order chi connectivity index (χ0) is 65.6. The average molecular weight is 1330 g/mol. The molecule has 512 valence electrons. The van der Waals surface area contributed by atoms with Gasteiger partial charge in [0.05, 0.1) is 68.4 Å². The number of nitrogens with one attached hydrogen (secondary N) is 10. The number of amides is 10. The molecule has 91 heavy (non-hydrogen) atoms. The second-order valence-corrected chi connectivity index (χ2v) is 26.5. The molecule has 5 saturated heterocycles. The Hall–Kier alpha value is -5.69. The molecule has 0 unspecified atom stereocenters. The van der Waals surface area contributed by atoms with Gasteiger partial charge in [-0.15, -0.1) is 0 Å². The lowest BCUT2D eigenvalue weighted by Gasteiger charge is -2.46. The summed E-state index contributed by atoms with van der Waals surface area (Å²) in [5.74, 6) is -1.54. The minimum atomic E-state index is -1.83. The fourth-order valence-electron chi connectivity index (χ4n) is 12.1. The molecule has 0 radical (unpaired) electrons. The highest BCUT2D eigenvalue weighted by Gasteiger charge is 2.58. The van der Waals surface area contributed by atoms with Crippen LogP contribution in [0.15, 0.2) is 15.2 Å². The van der Waals surface area contributed by atoms with Crippen LogP contribution in [0.1, 0.15) is 117 Å². The van der Waals surface area contributed by atoms with Gasteiger partial charge in [0.1, 0.15) is 54.7 Å². The summed E-state index contributed by atoms with van der Waals surface area (Å²) in [7, 11) is 3.39. The molecule has 0 aromatic rings. The highest BCUT2D eigenvalue weighted by molar-refractivity contribution is 8.00. The molecule has 7 aliphatic rings. The van der Waals surface area contributed by atoms with Crippen LogP contribution in [0, 0.1) is 5.92 Å². The van der Waals surface area contributed by atoms with Crippen LogP contribution in [-0.4, -0.2) is 263 Å². The fraction of sp³-hybridized carbons (Fsp3) is 0.807. The summed E-state index contributed by atoms with van der Waals surface area (Å²) < 4.78 is 30.9. The monoisotopic (exact) mass is 1330 g/mol. The molecule has 6 aliphatic heterocycles. The third kappa shape index (κ3) is 21.7. The van der Waals surface area contributed by atoms with Crippen molar-refractivity contribution in [3.63, 3.8) is 0 Å². The number of thioether (sulfide) groups is 2. The number of carbonyl (C=O) groups excluding carboxylic acids is 8. The minimum absolute atomic E-state index is 0.0362. The first-order valence-corrected chi connectivity index (χ1v) is 33.7. The number of unbranched alkanes of at least 4 members (excludes halogenated alkanes) is 6. The number of urea groups is 2. The van der Waals surface area contributed by atoms with E-state index in [0.717, 1.165) is 76.3 Å². The smallest absolute Gasteiger partial charge is 0.315 e. The second kappa shape index (κ2) is 36.7. The number of aliphatic hydroxyl groups is 5. The van der Waals surface area contributed by atoms with Gasteiger partial charge in [-0.3, -0.25) is 28.8 Å². The maximum absolute atomic E-state index is 13.0. The van der Waals surface area contributed by atoms with Gasteiger partial charge in [-0.25, -0.2) is 25.4 Å². The number of carbonyl (C=O) groups is 8. The summed E-state index contributed by atoms with van der Waals surface area (Å²) >= 11 is 3.67. The topological polar surface area (TPSA) is 444 Å². The molecule has 32 nitrogen and oxygen atoms in total. The minimum Gasteiger partial charge on any atom is -0.459 e. The number of ether oxygens (including phenoxy) is 5. The third-order valence-corrected chi connectivity index (χ3v) is 19.8. The Morgan fingerprint density at radius 2 is 1.25 bits per heavy atom. The molecule has 1 aliphatic carbocycles. The van der Waals surface area contributed by atoms with Crippen molar-refractivity contribution < 1.29 is 87.6 Å². The third-order valence-electron chi connectivity index (χ3n) is 16.7. The first-order valence-electron chi connectivity index (χ1n) is 31.6. The molecule has 34 heteroatoms. The van der Waals surface area contributed by atoms with E-state index in [-0.39, 0.29) is 66.9 Å². The van der Waals surface area contributed by atoms with Crippen LogP contribution in [-0.2, 0) is 52.5 Å². The number of rotatable bonds is 38. The molecular formula is C57H94N14O18S2. The lowest BCUT2D eigenvalue weighted by atomic mass is 9.96. The van der Waals surface area contributed by atoms with Crippen molar-refractivity contribution in [1.82, 2.24) is 58.3 Å². The van der Waals surface area contributed by atoms with Crippen molar-refractivity contribution in [2.45, 2.75) is 225 Å². The van der Waals surface area contributed by atoms with Crippen molar-refractivity contribution in [2.24, 2.45) is 21.1 Å². The molecular weight excluding hydrogens is 1230 g/mol. The molecule has 0 spiro atoms. The summed E-state index contributed by atoms with van der Waals surface area (Å²) in [6.45, 7) is 0.998. The van der Waals surface area contributed by atoms with Gasteiger partial charge in [0.25, 0.3) is 6.02 Å². The lowest BCUT2D eigenvalue weighted by Crippen LogP contribution is -2.67. The molecule has 19 atom stereocenters. The summed E-state index contributed by atoms with van der Waals surface area (Å²) in [5.41, 5.74) is 4.79. The Morgan fingerprint density at radius 1 is 0.703 bits per heavy atom. The molecule has 15 N–H and O–H groups in total. The number of hydrogen-bond donors (Lipinski definition) is 15. The van der Waals surface area contributed by atoms with Crippen molar-refractivity contribution in [3.05, 3.63) is 0 Å². The van der Waals surface area contributed by atoms with E-state index in [4.69, 9.17) is 23.7 Å². The van der Waals surface area contributed by atoms with E-state index in [0.29, 0.717) is 75.0 Å². The lowest BCUT2D eigenvalue weighted by molar-refractivity contribution is -0.319. The van der Waals surface area contributed by atoms with Crippen LogP contribution in [0.2, 0.25) is 0 Å². The second-order valence-electron chi connectivity index (χ2n) is 24.0. The van der Waals surface area contributed by atoms with E-state index in [1.165, 1.54) is 0 Å². The van der Waals surface area contributed by atoms with Crippen LogP contribution in [0.25, 0.3) is 0 Å². The van der Waals surface area contributed by atoms with E-state index >= 15 is 0 Å². The predicted molar refractivity (Wildman–Crippen MR) is 333 cm³/mol. The maximum Gasteiger partial charge on any atom is 0.315 e. The van der Waals surface area contributed by atoms with Gasteiger partial charge >= 0.3 is 12.1 Å². The fourth-order valence-corrected chi connectivity index (χ4v) is 15.2. The van der Waals surface area contributed by atoms with Crippen molar-refractivity contribution in [3.8, 4) is 0 Å². The molecule has 0 aromatic carbocycles. The highest BCUT2D eigenvalue weighted by atomic mass is 32.2. The number of hydrazone groups is 2. The molecule has 1 saturated carbocycles. The zero-order valence-electron chi connectivity index (χ0n) is 52.0. The molecule has 0 bridgehead atoms. The average Bonchev–Trinajstić information content (AvgIpc) is 1.70. The normalized spacial score (nSPS) is 30.6. The Balaban J connectivity index is 0.911. The van der Waals surface area contributed by atoms with Crippen LogP contribution < -0.4 is 53.4 Å². The summed E-state index contributed by atoms with van der Waals surface area (Å²) in [5, 5.41) is 87.0. The predicted octanol–water partition coefficient (Wildman–Crippen LogP) is -2.78. The number of nitrogens with zero attached hydrogens (tertiary/aromatic N) is 4. The molecule has 10 amide bonds. The Labute approximate surface area is 537 Å². The van der Waals surface area contributed by atoms with E-state index in [1.807, 2.05) is 23.5 Å². The highest BCUT2D eigenvalue weighted by Crippen LogP contribution is 2.40. The van der Waals surface area contributed by atoms with Crippen LogP contribution in [0.4, 0.5) is 9.59 Å². The molecule has 0 aromatic heterocycles. The number of aliphatic hydroxyl groups excluding tert-OH is 5. The number of aliphatic imine (C=N–C) groups is 1. The van der Waals surface area contributed by atoms with Crippen molar-refractivity contribution >= 4 is 89.5 Å². The quantitative estimate of drug-likeness (QED) is 0.00978. The van der Waals surface area contributed by atoms with Crippen LogP contribution in [0.5, 0.6) is 0 Å². The Kier molecular flexibility index (Phi) is 29.3. The van der Waals surface area contributed by atoms with Gasteiger partial charge < -0.3 is 96.7 Å². The number of fused-ring (bicyclic) bond motifs is 3. The molecule has 6 fully saturated rings. The standard InChI is InChI=1S/C57H94N14O18S2/c1-30(75)62-34(24-61-70-43(80)20-8-6-14-22-59-41(78)18-12-10-16-39-45-36(29-91-39)65-56(84)67-45)53(85-32(25-72)23-60-69-42(79)19-7-5-13-21-58-40(77)17-11-9-15-38-44-35(28-90-38)64-55(83)66-44)88-52-37(27-74)86-54(47(49(52)82)63-31(2)76)87-51-33(26-73)50-46(48(51)81)68-57(89-50)71(3)4/h23-24,32-39,44-54,72-74,81-82H,5-22,25-29H2,1-4H3,(H,58,77)(H,59,78)(H,62,75)(H,63,76)(H,69,79)(H,70,80)(H2,64,66,83)(H2,65,67,84)/b60-23+,61-24+/t32-,33-,34+,35-,36-,37+,38-,39-,44-,45-,46+,47+,48+,49-,50-,51+,52+,53-,54-/m0/s1. The summed E-state index contributed by atoms with van der Waals surface area (Å²) in [6.07, 6.45) is -1.83. The first kappa shape index (κ1) is 72.7. The van der Waals surface area contributed by atoms with E-state index in [1.54, 1.807) is 19.0 Å². The van der Waals surface area contributed by atoms with E-state index in [2.05, 4.69) is 68.6 Å². The van der Waals surface area contributed by atoms with Gasteiger partial charge in [-0.2, -0.15) is 33.7 Å². The van der Waals surface area contributed by atoms with Gasteiger partial charge in [0, 0.05) is 88.7 Å². The summed E-state index contributed by atoms with van der Waals surface area (Å²) in [6, 6.07) is -3.27. The van der Waals surface area contributed by atoms with Gasteiger partial charge in [-0.1, -0.05) is 25.7 Å². The van der Waals surface area contributed by atoms with Crippen LogP contribution in [0.3, 0.4) is 0 Å². The van der Waals surface area contributed by atoms with Crippen molar-refractivity contribution in [1.29, 1.82) is 0 Å². The van der Waals surface area contributed by atoms with Crippen molar-refractivity contribution in [2.75, 3.05) is 58.5 Å².